The van der Waals surface area contributed by atoms with Crippen molar-refractivity contribution in [2.45, 2.75) is 25.5 Å². The number of amides is 2. The molecule has 0 radical (unpaired) electrons. The van der Waals surface area contributed by atoms with E-state index >= 15 is 0 Å². The van der Waals surface area contributed by atoms with E-state index in [1.54, 1.807) is 35.3 Å². The summed E-state index contributed by atoms with van der Waals surface area (Å²) in [6, 6.07) is 14.4. The van der Waals surface area contributed by atoms with E-state index in [9.17, 15) is 9.59 Å². The zero-order chi connectivity index (χ0) is 20.1. The first-order valence-corrected chi connectivity index (χ1v) is 9.42. The Balaban J connectivity index is 1.37. The maximum atomic E-state index is 12.6. The normalized spacial score (nSPS) is 15.8. The van der Waals surface area contributed by atoms with E-state index in [0.29, 0.717) is 30.1 Å². The van der Waals surface area contributed by atoms with Crippen LogP contribution in [-0.4, -0.2) is 39.3 Å². The molecule has 0 bridgehead atoms. The van der Waals surface area contributed by atoms with Gasteiger partial charge in [-0.25, -0.2) is 9.67 Å². The van der Waals surface area contributed by atoms with Crippen molar-refractivity contribution in [2.75, 3.05) is 17.2 Å². The topological polar surface area (TPSA) is 98.1 Å². The van der Waals surface area contributed by atoms with Crippen LogP contribution in [0, 0.1) is 0 Å². The average molecular weight is 391 g/mol. The monoisotopic (exact) mass is 391 g/mol. The summed E-state index contributed by atoms with van der Waals surface area (Å²) in [7, 11) is 0. The molecule has 148 valence electrons. The third-order valence-corrected chi connectivity index (χ3v) is 4.64. The first-order valence-electron chi connectivity index (χ1n) is 9.42. The molecule has 4 rings (SSSR count). The molecule has 2 aromatic carbocycles. The van der Waals surface area contributed by atoms with Gasteiger partial charge in [-0.15, -0.1) is 0 Å². The molecule has 1 atom stereocenters. The highest BCUT2D eigenvalue weighted by Gasteiger charge is 2.23. The predicted octanol–water partition coefficient (Wildman–Crippen LogP) is 2.70. The van der Waals surface area contributed by atoms with E-state index < -0.39 is 6.10 Å². The summed E-state index contributed by atoms with van der Waals surface area (Å²) in [5.41, 5.74) is 2.77. The van der Waals surface area contributed by atoms with Crippen LogP contribution in [0.1, 0.15) is 28.8 Å². The van der Waals surface area contributed by atoms with Gasteiger partial charge < -0.3 is 15.4 Å². The molecule has 1 fully saturated rings. The fourth-order valence-corrected chi connectivity index (χ4v) is 3.14. The molecule has 8 nitrogen and oxygen atoms in total. The lowest BCUT2D eigenvalue weighted by Gasteiger charge is -2.12. The summed E-state index contributed by atoms with van der Waals surface area (Å²) in [6.45, 7) is 1.22. The van der Waals surface area contributed by atoms with Gasteiger partial charge in [0, 0.05) is 23.5 Å². The van der Waals surface area contributed by atoms with Crippen LogP contribution in [0.15, 0.2) is 61.2 Å². The molecule has 1 aliphatic heterocycles. The van der Waals surface area contributed by atoms with Crippen LogP contribution in [0.4, 0.5) is 11.4 Å². The van der Waals surface area contributed by atoms with Gasteiger partial charge in [0.25, 0.3) is 11.8 Å². The van der Waals surface area contributed by atoms with Crippen LogP contribution in [0.5, 0.6) is 0 Å². The minimum absolute atomic E-state index is 0.178. The Morgan fingerprint density at radius 1 is 1.10 bits per heavy atom. The number of hydrogen-bond donors (Lipinski definition) is 2. The Bertz CT molecular complexity index is 980. The predicted molar refractivity (Wildman–Crippen MR) is 108 cm³/mol. The molecule has 2 amide bonds. The summed E-state index contributed by atoms with van der Waals surface area (Å²) < 4.78 is 7.11. The minimum atomic E-state index is -0.413. The van der Waals surface area contributed by atoms with Crippen LogP contribution in [0.2, 0.25) is 0 Å². The summed E-state index contributed by atoms with van der Waals surface area (Å²) in [6.07, 6.45) is 4.34. The van der Waals surface area contributed by atoms with Crippen molar-refractivity contribution in [3.63, 3.8) is 0 Å². The molecule has 29 heavy (non-hydrogen) atoms. The minimum Gasteiger partial charge on any atom is -0.368 e. The molecule has 0 aliphatic carbocycles. The van der Waals surface area contributed by atoms with Gasteiger partial charge in [0.2, 0.25) is 0 Å². The van der Waals surface area contributed by atoms with E-state index in [1.807, 2.05) is 24.3 Å². The smallest absolute Gasteiger partial charge is 0.255 e. The first kappa shape index (κ1) is 18.8. The molecule has 1 saturated heterocycles. The second kappa shape index (κ2) is 8.66. The lowest BCUT2D eigenvalue weighted by molar-refractivity contribution is -0.124. The van der Waals surface area contributed by atoms with Gasteiger partial charge in [0.05, 0.1) is 6.54 Å². The fraction of sp³-hybridized carbons (Fsp3) is 0.238. The number of ether oxygens (including phenoxy) is 1. The van der Waals surface area contributed by atoms with E-state index in [4.69, 9.17) is 4.74 Å². The van der Waals surface area contributed by atoms with Crippen LogP contribution in [-0.2, 0) is 16.1 Å². The van der Waals surface area contributed by atoms with Gasteiger partial charge in [0.15, 0.2) is 0 Å². The van der Waals surface area contributed by atoms with E-state index in [-0.39, 0.29) is 11.8 Å². The van der Waals surface area contributed by atoms with Crippen molar-refractivity contribution >= 4 is 23.2 Å². The number of benzene rings is 2. The molecule has 0 saturated carbocycles. The zero-order valence-corrected chi connectivity index (χ0v) is 15.7. The first-order chi connectivity index (χ1) is 14.2. The molecule has 8 heteroatoms. The largest absolute Gasteiger partial charge is 0.368 e. The fourth-order valence-electron chi connectivity index (χ4n) is 3.14. The maximum Gasteiger partial charge on any atom is 0.255 e. The Labute approximate surface area is 167 Å². The van der Waals surface area contributed by atoms with Crippen molar-refractivity contribution in [2.24, 2.45) is 0 Å². The lowest BCUT2D eigenvalue weighted by atomic mass is 10.1. The van der Waals surface area contributed by atoms with Crippen LogP contribution < -0.4 is 10.6 Å². The Morgan fingerprint density at radius 2 is 1.97 bits per heavy atom. The van der Waals surface area contributed by atoms with Crippen LogP contribution in [0.25, 0.3) is 0 Å². The molecule has 3 aromatic rings. The van der Waals surface area contributed by atoms with Crippen LogP contribution >= 0.6 is 0 Å². The van der Waals surface area contributed by atoms with Crippen molar-refractivity contribution in [1.82, 2.24) is 14.8 Å². The quantitative estimate of drug-likeness (QED) is 0.673. The number of aromatic nitrogens is 3. The molecule has 1 aromatic heterocycles. The highest BCUT2D eigenvalue weighted by atomic mass is 16.5. The van der Waals surface area contributed by atoms with Crippen molar-refractivity contribution < 1.29 is 14.3 Å². The van der Waals surface area contributed by atoms with Crippen molar-refractivity contribution in [3.05, 3.63) is 72.3 Å². The SMILES string of the molecule is O=C(Nc1ccc(Cn2cncn2)cc1)c1cccc(NC(=O)[C@@H]2CCCO2)c1. The van der Waals surface area contributed by atoms with E-state index in [2.05, 4.69) is 20.7 Å². The lowest BCUT2D eigenvalue weighted by Crippen LogP contribution is -2.27. The number of carbonyl (C=O) groups is 2. The van der Waals surface area contributed by atoms with Gasteiger partial charge in [-0.2, -0.15) is 5.10 Å². The maximum absolute atomic E-state index is 12.6. The average Bonchev–Trinajstić information content (AvgIpc) is 3.44. The van der Waals surface area contributed by atoms with Crippen molar-refractivity contribution in [1.29, 1.82) is 0 Å². The van der Waals surface area contributed by atoms with Crippen molar-refractivity contribution in [3.8, 4) is 0 Å². The molecule has 2 N–H and O–H groups in total. The van der Waals surface area contributed by atoms with Gasteiger partial charge in [-0.1, -0.05) is 18.2 Å². The number of nitrogens with one attached hydrogen (secondary N) is 2. The number of rotatable bonds is 6. The Morgan fingerprint density at radius 3 is 2.69 bits per heavy atom. The van der Waals surface area contributed by atoms with Gasteiger partial charge >= 0.3 is 0 Å². The van der Waals surface area contributed by atoms with E-state index in [0.717, 1.165) is 18.4 Å². The molecule has 1 aliphatic rings. The third-order valence-electron chi connectivity index (χ3n) is 4.64. The van der Waals surface area contributed by atoms with Gasteiger partial charge in [0.1, 0.15) is 18.8 Å². The molecule has 0 spiro atoms. The summed E-state index contributed by atoms with van der Waals surface area (Å²) in [5, 5.41) is 9.76. The Hall–Kier alpha value is -3.52. The standard InChI is InChI=1S/C21H21N5O3/c27-20(24-17-8-6-15(7-9-17)12-26-14-22-13-23-26)16-3-1-4-18(11-16)25-21(28)19-5-2-10-29-19/h1,3-4,6-9,11,13-14,19H,2,5,10,12H2,(H,24,27)(H,25,28)/t19-/m0/s1. The van der Waals surface area contributed by atoms with E-state index in [1.165, 1.54) is 6.33 Å². The summed E-state index contributed by atoms with van der Waals surface area (Å²) in [4.78, 5) is 28.7. The molecule has 2 heterocycles. The van der Waals surface area contributed by atoms with Gasteiger partial charge in [-0.05, 0) is 48.7 Å². The molecular formula is C21H21N5O3. The highest BCUT2D eigenvalue weighted by Crippen LogP contribution is 2.17. The number of hydrogen-bond acceptors (Lipinski definition) is 5. The second-order valence-electron chi connectivity index (χ2n) is 6.82. The highest BCUT2D eigenvalue weighted by molar-refractivity contribution is 6.05. The molecular weight excluding hydrogens is 370 g/mol. The zero-order valence-electron chi connectivity index (χ0n) is 15.7. The number of anilines is 2. The summed E-state index contributed by atoms with van der Waals surface area (Å²) in [5.74, 6) is -0.426. The number of carbonyl (C=O) groups excluding carboxylic acids is 2. The third kappa shape index (κ3) is 4.85. The Kier molecular flexibility index (Phi) is 5.62. The second-order valence-corrected chi connectivity index (χ2v) is 6.82. The van der Waals surface area contributed by atoms with Gasteiger partial charge in [-0.3, -0.25) is 9.59 Å². The van der Waals surface area contributed by atoms with Crippen LogP contribution in [0.3, 0.4) is 0 Å². The summed E-state index contributed by atoms with van der Waals surface area (Å²) >= 11 is 0. The number of nitrogens with zero attached hydrogens (tertiary/aromatic N) is 3. The molecule has 0 unspecified atom stereocenters.